The lowest BCUT2D eigenvalue weighted by molar-refractivity contribution is -0.139. The lowest BCUT2D eigenvalue weighted by Gasteiger charge is -1.97. The largest absolute Gasteiger partial charge is 0.481 e. The van der Waals surface area contributed by atoms with E-state index in [0.717, 1.165) is 5.75 Å². The van der Waals surface area contributed by atoms with E-state index in [9.17, 15) is 4.79 Å². The van der Waals surface area contributed by atoms with Crippen LogP contribution in [-0.2, 0) is 4.79 Å². The summed E-state index contributed by atoms with van der Waals surface area (Å²) in [7, 11) is 0. The molecule has 0 saturated heterocycles. The molecule has 1 rings (SSSR count). The molecule has 0 radical (unpaired) electrons. The van der Waals surface area contributed by atoms with Crippen LogP contribution in [-0.4, -0.2) is 16.8 Å². The molecule has 0 bridgehead atoms. The van der Waals surface area contributed by atoms with Gasteiger partial charge in [0, 0.05) is 0 Å². The molecule has 0 heterocycles. The summed E-state index contributed by atoms with van der Waals surface area (Å²) in [6.45, 7) is 5.83. The first kappa shape index (κ1) is 15.3. The van der Waals surface area contributed by atoms with Crippen LogP contribution in [0.2, 0.25) is 0 Å². The van der Waals surface area contributed by atoms with E-state index in [-0.39, 0.29) is 29.7 Å². The molecule has 16 heavy (non-hydrogen) atoms. The molecule has 1 saturated carbocycles. The van der Waals surface area contributed by atoms with Crippen LogP contribution in [0.25, 0.3) is 0 Å². The molecule has 0 spiro atoms. The maximum Gasteiger partial charge on any atom is 0.307 e. The van der Waals surface area contributed by atoms with Gasteiger partial charge >= 0.3 is 5.97 Å². The zero-order valence-corrected chi connectivity index (χ0v) is 11.2. The second kappa shape index (κ2) is 5.60. The van der Waals surface area contributed by atoms with Crippen LogP contribution in [0.1, 0.15) is 20.8 Å². The Balaban J connectivity index is 0.00000225. The minimum Gasteiger partial charge on any atom is -0.481 e. The number of hydrogen-bond acceptors (Lipinski definition) is 3. The van der Waals surface area contributed by atoms with Crippen LogP contribution in [0.15, 0.2) is 11.0 Å². The van der Waals surface area contributed by atoms with Crippen molar-refractivity contribution in [2.75, 3.05) is 5.75 Å². The van der Waals surface area contributed by atoms with E-state index in [4.69, 9.17) is 10.4 Å². The highest BCUT2D eigenvalue weighted by Gasteiger charge is 2.61. The van der Waals surface area contributed by atoms with Crippen molar-refractivity contribution in [1.29, 1.82) is 5.26 Å². The van der Waals surface area contributed by atoms with Crippen molar-refractivity contribution in [1.82, 2.24) is 0 Å². The number of thioether (sulfide) groups is 1. The molecule has 1 aliphatic rings. The molecule has 5 heteroatoms. The number of nitriles is 1. The van der Waals surface area contributed by atoms with Crippen molar-refractivity contribution >= 4 is 30.1 Å². The Morgan fingerprint density at radius 3 is 2.50 bits per heavy atom. The van der Waals surface area contributed by atoms with Crippen LogP contribution in [0, 0.1) is 28.6 Å². The van der Waals surface area contributed by atoms with Crippen LogP contribution < -0.4 is 0 Å². The first-order chi connectivity index (χ1) is 6.95. The van der Waals surface area contributed by atoms with Crippen molar-refractivity contribution in [2.24, 2.45) is 17.3 Å². The van der Waals surface area contributed by atoms with Gasteiger partial charge in [0.25, 0.3) is 0 Å². The fourth-order valence-corrected chi connectivity index (χ4v) is 2.52. The van der Waals surface area contributed by atoms with Gasteiger partial charge in [-0.2, -0.15) is 5.26 Å². The van der Waals surface area contributed by atoms with Gasteiger partial charge in [0.15, 0.2) is 0 Å². The van der Waals surface area contributed by atoms with Gasteiger partial charge in [-0.1, -0.05) is 26.8 Å². The lowest BCUT2D eigenvalue weighted by Crippen LogP contribution is -2.03. The third kappa shape index (κ3) is 2.93. The number of rotatable bonds is 4. The molecule has 0 aliphatic heterocycles. The van der Waals surface area contributed by atoms with Crippen LogP contribution >= 0.6 is 24.2 Å². The van der Waals surface area contributed by atoms with Crippen LogP contribution in [0.4, 0.5) is 0 Å². The Bertz CT molecular complexity index is 346. The predicted octanol–water partition coefficient (Wildman–Crippen LogP) is 2.93. The van der Waals surface area contributed by atoms with E-state index in [1.54, 1.807) is 0 Å². The molecule has 1 N–H and O–H groups in total. The number of carbonyl (C=O) groups is 1. The van der Waals surface area contributed by atoms with Gasteiger partial charge in [-0.3, -0.25) is 4.79 Å². The third-order valence-corrected chi connectivity index (χ3v) is 3.74. The minimum absolute atomic E-state index is 0. The van der Waals surface area contributed by atoms with Crippen molar-refractivity contribution in [3.05, 3.63) is 11.0 Å². The highest BCUT2D eigenvalue weighted by atomic mass is 35.5. The molecule has 2 atom stereocenters. The second-order valence-corrected chi connectivity index (χ2v) is 5.54. The molecule has 0 aromatic rings. The van der Waals surface area contributed by atoms with Crippen LogP contribution in [0.5, 0.6) is 0 Å². The highest BCUT2D eigenvalue weighted by Crippen LogP contribution is 2.59. The van der Waals surface area contributed by atoms with Crippen molar-refractivity contribution in [3.63, 3.8) is 0 Å². The Kier molecular flexibility index (Phi) is 5.37. The summed E-state index contributed by atoms with van der Waals surface area (Å²) in [5.74, 6) is -0.258. The van der Waals surface area contributed by atoms with Gasteiger partial charge in [-0.05, 0) is 17.1 Å². The zero-order chi connectivity index (χ0) is 11.6. The number of nitrogens with zero attached hydrogens (tertiary/aromatic N) is 1. The summed E-state index contributed by atoms with van der Waals surface area (Å²) in [6.07, 6.45) is 1.81. The second-order valence-electron chi connectivity index (χ2n) is 4.24. The molecular weight excluding hydrogens is 246 g/mol. The number of carboxylic acid groups (broad SMARTS) is 1. The Labute approximate surface area is 106 Å². The molecule has 0 aromatic carbocycles. The molecule has 0 aromatic heterocycles. The monoisotopic (exact) mass is 261 g/mol. The van der Waals surface area contributed by atoms with Gasteiger partial charge in [0.2, 0.25) is 0 Å². The summed E-state index contributed by atoms with van der Waals surface area (Å²) in [5, 5.41) is 17.8. The van der Waals surface area contributed by atoms with Gasteiger partial charge in [0.1, 0.15) is 6.07 Å². The molecule has 1 unspecified atom stereocenters. The fourth-order valence-electron chi connectivity index (χ4n) is 1.90. The van der Waals surface area contributed by atoms with E-state index < -0.39 is 5.97 Å². The summed E-state index contributed by atoms with van der Waals surface area (Å²) < 4.78 is 0. The van der Waals surface area contributed by atoms with Gasteiger partial charge in [-0.25, -0.2) is 0 Å². The smallest absolute Gasteiger partial charge is 0.307 e. The van der Waals surface area contributed by atoms with Crippen molar-refractivity contribution in [2.45, 2.75) is 20.8 Å². The fraction of sp³-hybridized carbons (Fsp3) is 0.636. The van der Waals surface area contributed by atoms with Gasteiger partial charge < -0.3 is 5.11 Å². The maximum atomic E-state index is 10.9. The molecule has 1 aliphatic carbocycles. The number of carboxylic acids is 1. The summed E-state index contributed by atoms with van der Waals surface area (Å²) >= 11 is 1.47. The number of hydrogen-bond donors (Lipinski definition) is 1. The quantitative estimate of drug-likeness (QED) is 0.791. The number of aliphatic carboxylic acids is 1. The zero-order valence-electron chi connectivity index (χ0n) is 9.56. The highest BCUT2D eigenvalue weighted by molar-refractivity contribution is 8.03. The van der Waals surface area contributed by atoms with Crippen molar-refractivity contribution < 1.29 is 9.90 Å². The van der Waals surface area contributed by atoms with E-state index in [1.807, 2.05) is 26.8 Å². The minimum atomic E-state index is -0.764. The average Bonchev–Trinajstić information content (AvgIpc) is 2.67. The normalized spacial score (nSPS) is 26.5. The summed E-state index contributed by atoms with van der Waals surface area (Å²) in [5.41, 5.74) is -0.206. The topological polar surface area (TPSA) is 61.1 Å². The third-order valence-electron chi connectivity index (χ3n) is 2.92. The van der Waals surface area contributed by atoms with E-state index in [1.165, 1.54) is 11.8 Å². The van der Waals surface area contributed by atoms with Crippen molar-refractivity contribution in [3.8, 4) is 6.07 Å². The summed E-state index contributed by atoms with van der Waals surface area (Å²) in [4.78, 5) is 11.5. The Morgan fingerprint density at radius 1 is 1.62 bits per heavy atom. The number of halogens is 1. The van der Waals surface area contributed by atoms with E-state index in [2.05, 4.69) is 6.07 Å². The summed E-state index contributed by atoms with van der Waals surface area (Å²) in [6, 6.07) is 2.10. The first-order valence-corrected chi connectivity index (χ1v) is 5.91. The molecule has 1 fully saturated rings. The Morgan fingerprint density at radius 2 is 2.19 bits per heavy atom. The molecular formula is C11H16ClNO2S. The lowest BCUT2D eigenvalue weighted by atomic mass is 10.1. The maximum absolute atomic E-state index is 10.9. The van der Waals surface area contributed by atoms with Crippen LogP contribution in [0.3, 0.4) is 0 Å². The molecule has 3 nitrogen and oxygen atoms in total. The molecule has 0 amide bonds. The van der Waals surface area contributed by atoms with Gasteiger partial charge in [0.05, 0.1) is 10.8 Å². The first-order valence-electron chi connectivity index (χ1n) is 4.92. The standard InChI is InChI=1S/C11H15NO2S.ClH/c1-4-15-7(6-12)5-8-9(10(13)14)11(8,2)3;/h5,8-9H,4H2,1-3H3,(H,13,14);1H/t8?,9-;/m0./s1. The SMILES string of the molecule is CCSC(C#N)=CC1[C@@H](C(=O)O)C1(C)C.Cl. The Hall–Kier alpha value is -0.660. The van der Waals surface area contributed by atoms with E-state index >= 15 is 0 Å². The average molecular weight is 262 g/mol. The number of allylic oxidation sites excluding steroid dienone is 2. The van der Waals surface area contributed by atoms with Gasteiger partial charge in [-0.15, -0.1) is 24.2 Å². The predicted molar refractivity (Wildman–Crippen MR) is 67.5 cm³/mol. The molecule has 90 valence electrons. The van der Waals surface area contributed by atoms with E-state index in [0.29, 0.717) is 4.91 Å².